The molecule has 120 valence electrons. The topological polar surface area (TPSA) is 26.3 Å². The summed E-state index contributed by atoms with van der Waals surface area (Å²) in [6, 6.07) is 4.47. The first-order valence-corrected chi connectivity index (χ1v) is 8.75. The number of aryl methyl sites for hydroxylation is 1. The molecule has 0 radical (unpaired) electrons. The summed E-state index contributed by atoms with van der Waals surface area (Å²) >= 11 is 0. The predicted molar refractivity (Wildman–Crippen MR) is 92.6 cm³/mol. The fourth-order valence-electron chi connectivity index (χ4n) is 4.90. The highest BCUT2D eigenvalue weighted by Crippen LogP contribution is 2.55. The molecule has 0 saturated heterocycles. The fourth-order valence-corrected chi connectivity index (χ4v) is 4.90. The Morgan fingerprint density at radius 2 is 2.04 bits per heavy atom. The van der Waals surface area contributed by atoms with E-state index in [0.29, 0.717) is 5.78 Å². The fraction of sp³-hybridized carbons (Fsp3) is 0.476. The summed E-state index contributed by atoms with van der Waals surface area (Å²) in [4.78, 5) is 12.7. The van der Waals surface area contributed by atoms with Crippen molar-refractivity contribution >= 4 is 11.4 Å². The minimum Gasteiger partial charge on any atom is -0.496 e. The lowest BCUT2D eigenvalue weighted by molar-refractivity contribution is -0.127. The Balaban J connectivity index is 1.85. The van der Waals surface area contributed by atoms with Gasteiger partial charge in [-0.25, -0.2) is 0 Å². The molecule has 0 saturated carbocycles. The number of benzene rings is 1. The Bertz CT molecular complexity index is 766. The van der Waals surface area contributed by atoms with Gasteiger partial charge in [-0.15, -0.1) is 0 Å². The summed E-state index contributed by atoms with van der Waals surface area (Å²) in [5.74, 6) is 1.44. The molecule has 1 atom stereocenters. The number of carbonyl (C=O) groups is 1. The number of ether oxygens (including phenoxy) is 1. The Kier molecular flexibility index (Phi) is 3.26. The van der Waals surface area contributed by atoms with Crippen molar-refractivity contribution in [1.29, 1.82) is 0 Å². The third-order valence-electron chi connectivity index (χ3n) is 6.18. The van der Waals surface area contributed by atoms with Crippen LogP contribution in [0.2, 0.25) is 0 Å². The largest absolute Gasteiger partial charge is 0.496 e. The van der Waals surface area contributed by atoms with Gasteiger partial charge < -0.3 is 4.74 Å². The van der Waals surface area contributed by atoms with E-state index in [0.717, 1.165) is 44.3 Å². The second-order valence-electron chi connectivity index (χ2n) is 7.13. The zero-order valence-electron chi connectivity index (χ0n) is 14.3. The Labute approximate surface area is 138 Å². The minimum absolute atomic E-state index is 0.196. The molecule has 1 aromatic carbocycles. The van der Waals surface area contributed by atoms with Gasteiger partial charge in [0, 0.05) is 6.42 Å². The average molecular weight is 308 g/mol. The Morgan fingerprint density at radius 1 is 1.22 bits per heavy atom. The van der Waals surface area contributed by atoms with Crippen LogP contribution in [0.1, 0.15) is 55.7 Å². The molecule has 0 N–H and O–H groups in total. The molecular formula is C21H24O2. The molecule has 4 rings (SSSR count). The number of ketones is 1. The number of methoxy groups -OCH3 is 1. The standard InChI is InChI=1S/C21H24O2/c1-4-21-9-8-15-16-10-13(2)19(23-3)12-14(16)11-17(15)18(21)6-5-7-20(21)22/h6,10,12H,4-5,7-9,11H2,1-3H3/t21-/m1/s1. The van der Waals surface area contributed by atoms with E-state index in [-0.39, 0.29) is 5.41 Å². The summed E-state index contributed by atoms with van der Waals surface area (Å²) in [6.07, 6.45) is 7.90. The van der Waals surface area contributed by atoms with Crippen molar-refractivity contribution in [2.45, 2.75) is 52.4 Å². The predicted octanol–water partition coefficient (Wildman–Crippen LogP) is 4.79. The molecule has 2 heteroatoms. The van der Waals surface area contributed by atoms with Crippen LogP contribution in [0.4, 0.5) is 0 Å². The first kappa shape index (κ1) is 14.7. The zero-order valence-corrected chi connectivity index (χ0v) is 14.3. The molecule has 0 heterocycles. The first-order chi connectivity index (χ1) is 11.1. The number of allylic oxidation sites excluding steroid dienone is 4. The van der Waals surface area contributed by atoms with Gasteiger partial charge in [0.25, 0.3) is 0 Å². The van der Waals surface area contributed by atoms with Crippen molar-refractivity contribution in [2.24, 2.45) is 5.41 Å². The van der Waals surface area contributed by atoms with Crippen LogP contribution in [0.3, 0.4) is 0 Å². The molecule has 0 fully saturated rings. The molecule has 23 heavy (non-hydrogen) atoms. The number of hydrogen-bond donors (Lipinski definition) is 0. The van der Waals surface area contributed by atoms with E-state index in [1.165, 1.54) is 33.4 Å². The van der Waals surface area contributed by atoms with E-state index >= 15 is 0 Å². The van der Waals surface area contributed by atoms with E-state index < -0.39 is 0 Å². The Hall–Kier alpha value is -1.83. The van der Waals surface area contributed by atoms with Crippen LogP contribution in [0.5, 0.6) is 5.75 Å². The quantitative estimate of drug-likeness (QED) is 0.785. The van der Waals surface area contributed by atoms with E-state index in [2.05, 4.69) is 32.1 Å². The van der Waals surface area contributed by atoms with E-state index in [1.54, 1.807) is 7.11 Å². The van der Waals surface area contributed by atoms with Gasteiger partial charge in [-0.1, -0.05) is 13.0 Å². The number of fused-ring (bicyclic) bond motifs is 4. The van der Waals surface area contributed by atoms with Gasteiger partial charge in [-0.3, -0.25) is 4.79 Å². The first-order valence-electron chi connectivity index (χ1n) is 8.75. The lowest BCUT2D eigenvalue weighted by Crippen LogP contribution is -2.37. The van der Waals surface area contributed by atoms with Crippen molar-refractivity contribution < 1.29 is 9.53 Å². The number of carbonyl (C=O) groups excluding carboxylic acids is 1. The smallest absolute Gasteiger partial charge is 0.143 e. The van der Waals surface area contributed by atoms with Gasteiger partial charge in [0.15, 0.2) is 0 Å². The van der Waals surface area contributed by atoms with Crippen molar-refractivity contribution in [3.63, 3.8) is 0 Å². The maximum atomic E-state index is 12.7. The highest BCUT2D eigenvalue weighted by Gasteiger charge is 2.47. The molecule has 3 aliphatic carbocycles. The van der Waals surface area contributed by atoms with Gasteiger partial charge in [-0.05, 0) is 84.6 Å². The number of Topliss-reactive ketones (excluding diaryl/α,β-unsaturated/α-hetero) is 1. The maximum absolute atomic E-state index is 12.7. The highest BCUT2D eigenvalue weighted by molar-refractivity contribution is 5.95. The van der Waals surface area contributed by atoms with E-state index in [4.69, 9.17) is 4.74 Å². The lowest BCUT2D eigenvalue weighted by atomic mass is 9.61. The van der Waals surface area contributed by atoms with Crippen molar-refractivity contribution in [3.8, 4) is 5.75 Å². The molecule has 0 amide bonds. The third kappa shape index (κ3) is 1.90. The van der Waals surface area contributed by atoms with Gasteiger partial charge in [0.2, 0.25) is 0 Å². The normalized spacial score (nSPS) is 25.7. The van der Waals surface area contributed by atoms with Crippen LogP contribution < -0.4 is 4.74 Å². The van der Waals surface area contributed by atoms with Crippen LogP contribution in [-0.4, -0.2) is 12.9 Å². The molecule has 0 aliphatic heterocycles. The van der Waals surface area contributed by atoms with Gasteiger partial charge in [0.05, 0.1) is 12.5 Å². The second-order valence-corrected chi connectivity index (χ2v) is 7.13. The van der Waals surface area contributed by atoms with Gasteiger partial charge >= 0.3 is 0 Å². The zero-order chi connectivity index (χ0) is 16.2. The van der Waals surface area contributed by atoms with Crippen molar-refractivity contribution in [2.75, 3.05) is 7.11 Å². The molecule has 2 nitrogen and oxygen atoms in total. The minimum atomic E-state index is -0.196. The summed E-state index contributed by atoms with van der Waals surface area (Å²) in [6.45, 7) is 4.29. The third-order valence-corrected chi connectivity index (χ3v) is 6.18. The molecule has 3 aliphatic rings. The van der Waals surface area contributed by atoms with Crippen LogP contribution in [0.25, 0.3) is 5.57 Å². The number of rotatable bonds is 2. The maximum Gasteiger partial charge on any atom is 0.143 e. The van der Waals surface area contributed by atoms with Crippen molar-refractivity contribution in [1.82, 2.24) is 0 Å². The Morgan fingerprint density at radius 3 is 2.78 bits per heavy atom. The summed E-state index contributed by atoms with van der Waals surface area (Å²) in [7, 11) is 1.74. The highest BCUT2D eigenvalue weighted by atomic mass is 16.5. The summed E-state index contributed by atoms with van der Waals surface area (Å²) in [5.41, 5.74) is 8.03. The van der Waals surface area contributed by atoms with Crippen LogP contribution >= 0.6 is 0 Å². The molecule has 0 spiro atoms. The molecule has 0 aromatic heterocycles. The SMILES string of the molecule is CC[C@@]12CCC3=C(Cc4cc(OC)c(C)cc43)C1=CCCC2=O. The summed E-state index contributed by atoms with van der Waals surface area (Å²) < 4.78 is 5.50. The molecule has 0 unspecified atom stereocenters. The van der Waals surface area contributed by atoms with Crippen LogP contribution in [-0.2, 0) is 11.2 Å². The van der Waals surface area contributed by atoms with Crippen LogP contribution in [0, 0.1) is 12.3 Å². The van der Waals surface area contributed by atoms with Gasteiger partial charge in [0.1, 0.15) is 11.5 Å². The van der Waals surface area contributed by atoms with E-state index in [9.17, 15) is 4.79 Å². The van der Waals surface area contributed by atoms with Crippen LogP contribution in [0.15, 0.2) is 29.4 Å². The molecular weight excluding hydrogens is 284 g/mol. The van der Waals surface area contributed by atoms with Crippen molar-refractivity contribution in [3.05, 3.63) is 46.0 Å². The molecule has 1 aromatic rings. The lowest BCUT2D eigenvalue weighted by Gasteiger charge is -2.41. The van der Waals surface area contributed by atoms with Gasteiger partial charge in [-0.2, -0.15) is 0 Å². The number of hydrogen-bond acceptors (Lipinski definition) is 2. The monoisotopic (exact) mass is 308 g/mol. The van der Waals surface area contributed by atoms with E-state index in [1.807, 2.05) is 0 Å². The summed E-state index contributed by atoms with van der Waals surface area (Å²) in [5, 5.41) is 0. The molecule has 0 bridgehead atoms. The second kappa shape index (κ2) is 5.09. The average Bonchev–Trinajstić information content (AvgIpc) is 2.92.